The van der Waals surface area contributed by atoms with E-state index in [0.717, 1.165) is 33.9 Å². The van der Waals surface area contributed by atoms with Crippen molar-refractivity contribution in [1.29, 1.82) is 0 Å². The zero-order valence-electron chi connectivity index (χ0n) is 37.2. The standard InChI is InChI=1S/2C28H22N4.2Pt/c2*1-19-7-9-23-24-10-8-20(2)16-26(24)28(25(23)15-19,27-11-12-29-30-27)21-5-4-6-22(17-21)32-14-13-31(3)18-32;;/h2*4-16H,1-3H3;;/q;;2*+2. The topological polar surface area (TPSA) is 66.0 Å². The molecule has 0 amide bonds. The number of fused-ring (bicyclic) bond motifs is 6. The first-order valence-corrected chi connectivity index (χ1v) is 21.5. The molecule has 2 aromatic heterocycles. The van der Waals surface area contributed by atoms with Crippen LogP contribution in [0.25, 0.3) is 22.3 Å². The summed E-state index contributed by atoms with van der Waals surface area (Å²) in [6.07, 6.45) is 11.5. The van der Waals surface area contributed by atoms with Gasteiger partial charge in [-0.25, -0.2) is 0 Å². The minimum atomic E-state index is -0.579. The van der Waals surface area contributed by atoms with Crippen molar-refractivity contribution < 1.29 is 60.4 Å². The Morgan fingerprint density at radius 1 is 0.455 bits per heavy atom. The molecule has 4 aliphatic rings. The second kappa shape index (κ2) is 17.3. The minimum Gasteiger partial charge on any atom is -0.581 e. The molecule has 4 heterocycles. The van der Waals surface area contributed by atoms with Crippen molar-refractivity contribution in [1.82, 2.24) is 20.4 Å². The number of hydrogen-bond donors (Lipinski definition) is 0. The normalized spacial score (nSPS) is 14.9. The number of hydrogen-bond acceptors (Lipinski definition) is 2. The molecule has 8 aromatic rings. The van der Waals surface area contributed by atoms with Gasteiger partial charge in [-0.15, -0.1) is 23.3 Å². The second-order valence-corrected chi connectivity index (χ2v) is 17.2. The molecular weight excluding hydrogens is 1170 g/mol. The predicted octanol–water partition coefficient (Wildman–Crippen LogP) is 9.52. The number of aryl methyl sites for hydroxylation is 4. The van der Waals surface area contributed by atoms with Gasteiger partial charge < -0.3 is 20.4 Å². The summed E-state index contributed by atoms with van der Waals surface area (Å²) in [7, 11) is 3.94. The quantitative estimate of drug-likeness (QED) is 0.123. The maximum absolute atomic E-state index is 4.62. The van der Waals surface area contributed by atoms with E-state index in [4.69, 9.17) is 0 Å². The number of aromatic nitrogens is 4. The zero-order valence-corrected chi connectivity index (χ0v) is 41.8. The van der Waals surface area contributed by atoms with Crippen LogP contribution >= 0.6 is 0 Å². The summed E-state index contributed by atoms with van der Waals surface area (Å²) < 4.78 is 7.76. The molecule has 2 aliphatic heterocycles. The molecule has 0 unspecified atom stereocenters. The van der Waals surface area contributed by atoms with Crippen molar-refractivity contribution in [2.24, 2.45) is 0 Å². The summed E-state index contributed by atoms with van der Waals surface area (Å²) in [5.74, 6) is 0. The fraction of sp³-hybridized carbons (Fsp3) is 0.143. The zero-order chi connectivity index (χ0) is 43.7. The molecule has 0 N–H and O–H groups in total. The van der Waals surface area contributed by atoms with Crippen LogP contribution in [0.3, 0.4) is 0 Å². The van der Waals surface area contributed by atoms with Crippen LogP contribution in [-0.2, 0) is 53.0 Å². The molecule has 12 rings (SSSR count). The summed E-state index contributed by atoms with van der Waals surface area (Å²) in [4.78, 5) is 0. The Balaban J connectivity index is 0.000000161. The van der Waals surface area contributed by atoms with Crippen LogP contribution in [0.15, 0.2) is 159 Å². The number of benzene rings is 6. The Morgan fingerprint density at radius 3 is 1.09 bits per heavy atom. The molecule has 324 valence electrons. The van der Waals surface area contributed by atoms with Crippen molar-refractivity contribution in [2.75, 3.05) is 14.1 Å². The van der Waals surface area contributed by atoms with Crippen molar-refractivity contribution >= 4 is 23.4 Å². The van der Waals surface area contributed by atoms with Crippen LogP contribution in [0.2, 0.25) is 0 Å². The molecule has 10 heteroatoms. The van der Waals surface area contributed by atoms with Gasteiger partial charge in [0.15, 0.2) is 14.1 Å². The molecule has 0 saturated heterocycles. The van der Waals surface area contributed by atoms with Crippen LogP contribution in [0.4, 0.5) is 11.4 Å². The maximum Gasteiger partial charge on any atom is 2.00 e. The summed E-state index contributed by atoms with van der Waals surface area (Å²) in [5.41, 5.74) is 19.4. The van der Waals surface area contributed by atoms with Gasteiger partial charge in [-0.2, -0.15) is 36.7 Å². The van der Waals surface area contributed by atoms with E-state index in [9.17, 15) is 0 Å². The van der Waals surface area contributed by atoms with E-state index in [1.807, 2.05) is 69.3 Å². The van der Waals surface area contributed by atoms with Gasteiger partial charge in [-0.3, -0.25) is 0 Å². The second-order valence-electron chi connectivity index (χ2n) is 17.2. The Morgan fingerprint density at radius 2 is 0.803 bits per heavy atom. The third kappa shape index (κ3) is 7.00. The molecule has 0 fully saturated rings. The van der Waals surface area contributed by atoms with Crippen molar-refractivity contribution in [3.05, 3.63) is 238 Å². The van der Waals surface area contributed by atoms with E-state index in [1.165, 1.54) is 66.8 Å². The first kappa shape index (κ1) is 44.6. The smallest absolute Gasteiger partial charge is 0.581 e. The summed E-state index contributed by atoms with van der Waals surface area (Å²) in [6.45, 7) is 8.57. The van der Waals surface area contributed by atoms with Crippen LogP contribution in [-0.4, -0.2) is 54.6 Å². The van der Waals surface area contributed by atoms with Gasteiger partial charge in [0.05, 0.1) is 10.8 Å². The maximum atomic E-state index is 4.62. The average molecular weight is 1220 g/mol. The average Bonchev–Trinajstić information content (AvgIpc) is 4.17. The van der Waals surface area contributed by atoms with Gasteiger partial charge in [0, 0.05) is 11.4 Å². The van der Waals surface area contributed by atoms with Gasteiger partial charge in [0.25, 0.3) is 12.4 Å². The molecule has 2 aliphatic carbocycles. The monoisotopic (exact) mass is 1220 g/mol. The molecule has 0 spiro atoms. The van der Waals surface area contributed by atoms with Gasteiger partial charge in [-0.1, -0.05) is 138 Å². The molecular formula is C56H44N8Pt2+4. The molecule has 0 atom stereocenters. The van der Waals surface area contributed by atoms with Gasteiger partial charge in [0.1, 0.15) is 11.4 Å². The molecule has 66 heavy (non-hydrogen) atoms. The van der Waals surface area contributed by atoms with Crippen molar-refractivity contribution in [2.45, 2.75) is 38.5 Å². The van der Waals surface area contributed by atoms with E-state index in [2.05, 4.69) is 181 Å². The van der Waals surface area contributed by atoms with Gasteiger partial charge in [-0.05, 0) is 72.2 Å². The Kier molecular flexibility index (Phi) is 11.7. The number of nitrogens with zero attached hydrogens (tertiary/aromatic N) is 8. The van der Waals surface area contributed by atoms with Crippen LogP contribution in [0.5, 0.6) is 0 Å². The van der Waals surface area contributed by atoms with Crippen molar-refractivity contribution in [3.8, 4) is 22.3 Å². The molecule has 8 nitrogen and oxygen atoms in total. The van der Waals surface area contributed by atoms with E-state index in [1.54, 1.807) is 12.4 Å². The van der Waals surface area contributed by atoms with E-state index >= 15 is 0 Å². The first-order valence-electron chi connectivity index (χ1n) is 21.5. The SMILES string of the molecule is Cc1ccc2c(c1)C(c1[c-]c([N+]3=C=[N+](C)C=C3)ccc1)(c1cc[n-]n1)c1cc(C)ccc1-2.Cc1ccc2c(c1)C(c1[c-]c([N+]3=C=[N+](C)C=C3)ccc1)(c1cc[n-]n1)c1cc(C)ccc1-2.[Pt+2].[Pt+2]. The third-order valence-corrected chi connectivity index (χ3v) is 12.9. The Bertz CT molecular complexity index is 3100. The first-order chi connectivity index (χ1) is 31.1. The van der Waals surface area contributed by atoms with Crippen molar-refractivity contribution in [3.63, 3.8) is 0 Å². The number of rotatable bonds is 6. The van der Waals surface area contributed by atoms with E-state index < -0.39 is 10.8 Å². The van der Waals surface area contributed by atoms with Crippen LogP contribution in [0, 0.1) is 39.8 Å². The third-order valence-electron chi connectivity index (χ3n) is 12.9. The largest absolute Gasteiger partial charge is 2.00 e. The fourth-order valence-electron chi connectivity index (χ4n) is 10.1. The predicted molar refractivity (Wildman–Crippen MR) is 247 cm³/mol. The fourth-order valence-corrected chi connectivity index (χ4v) is 10.1. The summed E-state index contributed by atoms with van der Waals surface area (Å²) in [5, 5.41) is 17.7. The molecule has 6 aromatic carbocycles. The summed E-state index contributed by atoms with van der Waals surface area (Å²) in [6, 6.07) is 57.6. The van der Waals surface area contributed by atoms with Crippen LogP contribution in [0.1, 0.15) is 67.0 Å². The summed E-state index contributed by atoms with van der Waals surface area (Å²) >= 11 is 0. The molecule has 0 radical (unpaired) electrons. The molecule has 0 saturated carbocycles. The van der Waals surface area contributed by atoms with Gasteiger partial charge >= 0.3 is 54.1 Å². The van der Waals surface area contributed by atoms with E-state index in [-0.39, 0.29) is 42.1 Å². The Hall–Kier alpha value is -6.64. The van der Waals surface area contributed by atoms with Gasteiger partial charge in [0.2, 0.25) is 12.4 Å². The van der Waals surface area contributed by atoms with E-state index in [0.29, 0.717) is 0 Å². The molecule has 0 bridgehead atoms. The van der Waals surface area contributed by atoms with Crippen LogP contribution < -0.4 is 10.2 Å². The Labute approximate surface area is 414 Å². The minimum absolute atomic E-state index is 0.